The molecule has 0 saturated carbocycles. The molecule has 0 amide bonds. The topological polar surface area (TPSA) is 18.6 Å². The molecule has 2 fully saturated rings. The van der Waals surface area contributed by atoms with Crippen molar-refractivity contribution in [1.82, 2.24) is 9.80 Å². The number of halogens is 1. The Bertz CT molecular complexity index is 630. The molecule has 4 atom stereocenters. The Morgan fingerprint density at radius 1 is 1.42 bits per heavy atom. The van der Waals surface area contributed by atoms with Gasteiger partial charge in [-0.05, 0) is 77.4 Å². The van der Waals surface area contributed by atoms with Crippen LogP contribution in [0.1, 0.15) is 73.6 Å². The van der Waals surface area contributed by atoms with Crippen LogP contribution < -0.4 is 0 Å². The summed E-state index contributed by atoms with van der Waals surface area (Å²) < 4.78 is 14.0. The molecule has 1 spiro atoms. The van der Waals surface area contributed by atoms with Crippen LogP contribution in [0.3, 0.4) is 0 Å². The number of rotatable bonds is 6. The Balaban J connectivity index is 1.86. The van der Waals surface area contributed by atoms with Crippen LogP contribution in [0.15, 0.2) is 28.9 Å². The summed E-state index contributed by atoms with van der Waals surface area (Å²) in [5.41, 5.74) is 1.97. The molecule has 0 aromatic heterocycles. The summed E-state index contributed by atoms with van der Waals surface area (Å²) in [5, 5.41) is 0. The molecule has 3 heterocycles. The van der Waals surface area contributed by atoms with Gasteiger partial charge in [0.05, 0.1) is 0 Å². The van der Waals surface area contributed by atoms with Crippen LogP contribution >= 0.6 is 0 Å². The molecule has 3 aliphatic heterocycles. The minimum absolute atomic E-state index is 0.278. The lowest BCUT2D eigenvalue weighted by atomic mass is 9.92. The van der Waals surface area contributed by atoms with Crippen molar-refractivity contribution in [2.24, 2.45) is 10.9 Å². The molecule has 3 aliphatic rings. The van der Waals surface area contributed by atoms with Crippen molar-refractivity contribution >= 4 is 5.71 Å². The second-order valence-corrected chi connectivity index (χ2v) is 9.30. The second-order valence-electron chi connectivity index (χ2n) is 9.30. The van der Waals surface area contributed by atoms with Crippen LogP contribution in [-0.2, 0) is 0 Å². The molecule has 0 aliphatic carbocycles. The standard InChI is InChI=1S/C22H36FN3/c1-8-19-10-9-16(4)14-25(19)20-22(26(20)15(2)3)17(5)13-18(24-22)11-12-21(6,7)23/h13,16,19-20H,2,8-12,14H2,1,3-7H3/t16?,19?,20?,22-,26?/m1/s1. The van der Waals surface area contributed by atoms with Crippen LogP contribution in [0.4, 0.5) is 4.39 Å². The van der Waals surface area contributed by atoms with Gasteiger partial charge in [0.2, 0.25) is 0 Å². The van der Waals surface area contributed by atoms with Crippen molar-refractivity contribution in [2.75, 3.05) is 6.54 Å². The maximum atomic E-state index is 14.0. The molecule has 0 aromatic rings. The quantitative estimate of drug-likeness (QED) is 0.598. The van der Waals surface area contributed by atoms with E-state index >= 15 is 0 Å². The van der Waals surface area contributed by atoms with Crippen molar-refractivity contribution in [3.8, 4) is 0 Å². The molecule has 0 aromatic carbocycles. The molecule has 2 saturated heterocycles. The zero-order valence-electron chi connectivity index (χ0n) is 17.5. The van der Waals surface area contributed by atoms with Crippen LogP contribution in [0, 0.1) is 5.92 Å². The zero-order valence-corrected chi connectivity index (χ0v) is 17.5. The van der Waals surface area contributed by atoms with Gasteiger partial charge >= 0.3 is 0 Å². The fourth-order valence-electron chi connectivity index (χ4n) is 4.88. The van der Waals surface area contributed by atoms with Crippen molar-refractivity contribution in [3.63, 3.8) is 0 Å². The van der Waals surface area contributed by atoms with E-state index in [1.54, 1.807) is 13.8 Å². The number of piperidine rings is 1. The van der Waals surface area contributed by atoms with Gasteiger partial charge < -0.3 is 4.90 Å². The molecule has 4 heteroatoms. The molecule has 146 valence electrons. The number of nitrogens with zero attached hydrogens (tertiary/aromatic N) is 3. The lowest BCUT2D eigenvalue weighted by Gasteiger charge is -2.38. The molecule has 3 nitrogen and oxygen atoms in total. The van der Waals surface area contributed by atoms with E-state index in [0.717, 1.165) is 23.9 Å². The number of aliphatic imine (C=N–C) groups is 1. The van der Waals surface area contributed by atoms with E-state index in [9.17, 15) is 4.39 Å². The highest BCUT2D eigenvalue weighted by Crippen LogP contribution is 2.56. The number of allylic oxidation sites excluding steroid dienone is 2. The first-order chi connectivity index (χ1) is 12.1. The average Bonchev–Trinajstić information content (AvgIpc) is 3.10. The average molecular weight is 362 g/mol. The Morgan fingerprint density at radius 2 is 2.12 bits per heavy atom. The number of likely N-dealkylation sites (tertiary alicyclic amines) is 1. The number of hydrogen-bond donors (Lipinski definition) is 0. The summed E-state index contributed by atoms with van der Waals surface area (Å²) >= 11 is 0. The zero-order chi connectivity index (χ0) is 19.3. The molecule has 3 unspecified atom stereocenters. The summed E-state index contributed by atoms with van der Waals surface area (Å²) in [6.07, 6.45) is 7.45. The van der Waals surface area contributed by atoms with Crippen molar-refractivity contribution in [2.45, 2.75) is 97.2 Å². The highest BCUT2D eigenvalue weighted by Gasteiger charge is 2.69. The van der Waals surface area contributed by atoms with Gasteiger partial charge in [0.15, 0.2) is 5.66 Å². The van der Waals surface area contributed by atoms with E-state index in [-0.39, 0.29) is 11.8 Å². The minimum Gasteiger partial charge on any atom is -0.325 e. The van der Waals surface area contributed by atoms with E-state index in [2.05, 4.69) is 50.1 Å². The molecule has 26 heavy (non-hydrogen) atoms. The Labute approximate surface area is 159 Å². The normalized spacial score (nSPS) is 34.9. The van der Waals surface area contributed by atoms with E-state index in [4.69, 9.17) is 4.99 Å². The van der Waals surface area contributed by atoms with Crippen LogP contribution in [0.25, 0.3) is 0 Å². The molecule has 3 rings (SSSR count). The van der Waals surface area contributed by atoms with Gasteiger partial charge in [0.25, 0.3) is 0 Å². The van der Waals surface area contributed by atoms with Gasteiger partial charge in [-0.1, -0.05) is 20.4 Å². The predicted molar refractivity (Wildman–Crippen MR) is 108 cm³/mol. The minimum atomic E-state index is -1.15. The second kappa shape index (κ2) is 6.78. The molecule has 0 radical (unpaired) electrons. The SMILES string of the molecule is C=C(C)N1C(N2CC(C)CCC2CC)[C@]12N=C(CCC(C)(C)F)C=C2C. The lowest BCUT2D eigenvalue weighted by molar-refractivity contribution is 0.0841. The first kappa shape index (κ1) is 19.6. The highest BCUT2D eigenvalue weighted by molar-refractivity contribution is 5.99. The van der Waals surface area contributed by atoms with Gasteiger partial charge in [-0.15, -0.1) is 0 Å². The Hall–Kier alpha value is -1.16. The van der Waals surface area contributed by atoms with Gasteiger partial charge in [-0.3, -0.25) is 9.89 Å². The van der Waals surface area contributed by atoms with E-state index < -0.39 is 5.67 Å². The fraction of sp³-hybridized carbons (Fsp3) is 0.773. The van der Waals surface area contributed by atoms with Crippen LogP contribution in [-0.4, -0.2) is 45.6 Å². The summed E-state index contributed by atoms with van der Waals surface area (Å²) in [6, 6.07) is 0.620. The summed E-state index contributed by atoms with van der Waals surface area (Å²) in [7, 11) is 0. The largest absolute Gasteiger partial charge is 0.325 e. The van der Waals surface area contributed by atoms with Crippen LogP contribution in [0.2, 0.25) is 0 Å². The van der Waals surface area contributed by atoms with Gasteiger partial charge in [-0.2, -0.15) is 0 Å². The predicted octanol–water partition coefficient (Wildman–Crippen LogP) is 5.30. The van der Waals surface area contributed by atoms with Gasteiger partial charge in [0, 0.05) is 24.0 Å². The molecule has 0 bridgehead atoms. The Morgan fingerprint density at radius 3 is 2.69 bits per heavy atom. The Kier molecular flexibility index (Phi) is 5.11. The van der Waals surface area contributed by atoms with Crippen molar-refractivity contribution in [1.29, 1.82) is 0 Å². The third-order valence-electron chi connectivity index (χ3n) is 6.34. The third-order valence-corrected chi connectivity index (χ3v) is 6.34. The summed E-state index contributed by atoms with van der Waals surface area (Å²) in [6.45, 7) is 17.6. The fourth-order valence-corrected chi connectivity index (χ4v) is 4.88. The van der Waals surface area contributed by atoms with E-state index in [0.29, 0.717) is 18.9 Å². The van der Waals surface area contributed by atoms with E-state index in [1.165, 1.54) is 24.8 Å². The van der Waals surface area contributed by atoms with E-state index in [1.807, 2.05) is 0 Å². The monoisotopic (exact) mass is 361 g/mol. The summed E-state index contributed by atoms with van der Waals surface area (Å²) in [4.78, 5) is 10.2. The van der Waals surface area contributed by atoms with Gasteiger partial charge in [-0.25, -0.2) is 4.39 Å². The smallest absolute Gasteiger partial charge is 0.189 e. The maximum absolute atomic E-state index is 14.0. The molecule has 0 N–H and O–H groups in total. The number of hydrogen-bond acceptors (Lipinski definition) is 3. The molecular formula is C22H36FN3. The highest BCUT2D eigenvalue weighted by atomic mass is 19.1. The number of alkyl halides is 1. The van der Waals surface area contributed by atoms with Gasteiger partial charge in [0.1, 0.15) is 11.8 Å². The van der Waals surface area contributed by atoms with Crippen molar-refractivity contribution < 1.29 is 4.39 Å². The van der Waals surface area contributed by atoms with Crippen LogP contribution in [0.5, 0.6) is 0 Å². The summed E-state index contributed by atoms with van der Waals surface area (Å²) in [5.74, 6) is 0.726. The first-order valence-corrected chi connectivity index (χ1v) is 10.3. The molecular weight excluding hydrogens is 325 g/mol. The third kappa shape index (κ3) is 3.37. The first-order valence-electron chi connectivity index (χ1n) is 10.3. The lowest BCUT2D eigenvalue weighted by Crippen LogP contribution is -2.46. The maximum Gasteiger partial charge on any atom is 0.189 e. The van der Waals surface area contributed by atoms with Crippen molar-refractivity contribution in [3.05, 3.63) is 23.9 Å².